The molecule has 2 aromatic carbocycles. The third kappa shape index (κ3) is 4.47. The first kappa shape index (κ1) is 22.6. The number of hydrogen-bond acceptors (Lipinski definition) is 5. The van der Waals surface area contributed by atoms with Gasteiger partial charge in [0.15, 0.2) is 0 Å². The van der Waals surface area contributed by atoms with Crippen molar-refractivity contribution in [3.63, 3.8) is 0 Å². The summed E-state index contributed by atoms with van der Waals surface area (Å²) in [5.41, 5.74) is 4.95. The van der Waals surface area contributed by atoms with Crippen molar-refractivity contribution in [3.05, 3.63) is 59.8 Å². The van der Waals surface area contributed by atoms with E-state index < -0.39 is 43.3 Å². The Morgan fingerprint density at radius 3 is 2.80 bits per heavy atom. The molecule has 35 heavy (non-hydrogen) atoms. The maximum absolute atomic E-state index is 13.7. The number of aromatic nitrogens is 1. The molecule has 2 aliphatic rings. The second kappa shape index (κ2) is 8.87. The second-order valence-corrected chi connectivity index (χ2v) is 8.69. The van der Waals surface area contributed by atoms with Gasteiger partial charge in [0.25, 0.3) is 11.8 Å². The molecule has 1 N–H and O–H groups in total. The molecule has 7 nitrogen and oxygen atoms in total. The molecule has 3 heterocycles. The molecule has 0 spiro atoms. The Bertz CT molecular complexity index is 1410. The Morgan fingerprint density at radius 1 is 1.17 bits per heavy atom. The molecule has 1 atom stereocenters. The topological polar surface area (TPSA) is 98.5 Å². The van der Waals surface area contributed by atoms with Gasteiger partial charge in [-0.1, -0.05) is 12.1 Å². The first-order chi connectivity index (χ1) is 16.8. The van der Waals surface area contributed by atoms with Crippen LogP contribution >= 0.6 is 0 Å². The summed E-state index contributed by atoms with van der Waals surface area (Å²) in [6, 6.07) is 13.8. The van der Waals surface area contributed by atoms with Gasteiger partial charge in [0.1, 0.15) is 6.04 Å². The summed E-state index contributed by atoms with van der Waals surface area (Å²) >= 11 is 0. The van der Waals surface area contributed by atoms with Crippen molar-refractivity contribution in [2.75, 3.05) is 13.1 Å². The van der Waals surface area contributed by atoms with Crippen LogP contribution in [0.1, 0.15) is 28.8 Å². The Kier molecular flexibility index (Phi) is 5.73. The Labute approximate surface area is 200 Å². The normalized spacial score (nSPS) is 18.2. The van der Waals surface area contributed by atoms with Crippen LogP contribution in [0.15, 0.2) is 53.7 Å². The van der Waals surface area contributed by atoms with Crippen LogP contribution in [0.4, 0.5) is 14.5 Å². The van der Waals surface area contributed by atoms with Crippen LogP contribution in [0, 0.1) is 11.3 Å². The molecular weight excluding hydrogens is 452 g/mol. The predicted molar refractivity (Wildman–Crippen MR) is 127 cm³/mol. The molecular formula is C26H21F2N5O2. The highest BCUT2D eigenvalue weighted by Crippen LogP contribution is 2.33. The molecule has 1 saturated heterocycles. The highest BCUT2D eigenvalue weighted by molar-refractivity contribution is 6.07. The average molecular weight is 473 g/mol. The number of fused-ring (bicyclic) bond motifs is 2. The van der Waals surface area contributed by atoms with Crippen molar-refractivity contribution in [2.45, 2.75) is 31.2 Å². The van der Waals surface area contributed by atoms with E-state index in [1.54, 1.807) is 12.1 Å². The van der Waals surface area contributed by atoms with E-state index >= 15 is 0 Å². The third-order valence-electron chi connectivity index (χ3n) is 6.31. The van der Waals surface area contributed by atoms with Gasteiger partial charge >= 0.3 is 0 Å². The van der Waals surface area contributed by atoms with E-state index in [1.807, 2.05) is 36.5 Å². The average Bonchev–Trinajstić information content (AvgIpc) is 3.20. The van der Waals surface area contributed by atoms with E-state index in [9.17, 15) is 18.4 Å². The monoisotopic (exact) mass is 473 g/mol. The largest absolute Gasteiger partial charge is 0.343 e. The summed E-state index contributed by atoms with van der Waals surface area (Å²) in [5.74, 6) is -4.36. The molecule has 0 saturated carbocycles. The first-order valence-corrected chi connectivity index (χ1v) is 11.2. The van der Waals surface area contributed by atoms with E-state index in [-0.39, 0.29) is 0 Å². The molecule has 5 rings (SSSR count). The van der Waals surface area contributed by atoms with Gasteiger partial charge in [0.05, 0.1) is 35.9 Å². The lowest BCUT2D eigenvalue weighted by Crippen LogP contribution is -2.43. The number of pyridine rings is 1. The number of amides is 2. The van der Waals surface area contributed by atoms with Crippen LogP contribution in [-0.2, 0) is 11.2 Å². The van der Waals surface area contributed by atoms with Crippen molar-refractivity contribution >= 4 is 34.6 Å². The zero-order chi connectivity index (χ0) is 24.6. The summed E-state index contributed by atoms with van der Waals surface area (Å²) in [6.45, 7) is -1.31. The highest BCUT2D eigenvalue weighted by atomic mass is 19.3. The first-order valence-electron chi connectivity index (χ1n) is 11.2. The lowest BCUT2D eigenvalue weighted by Gasteiger charge is -2.19. The molecule has 2 amide bonds. The van der Waals surface area contributed by atoms with Crippen molar-refractivity contribution in [3.8, 4) is 17.2 Å². The number of nitrogens with one attached hydrogen (secondary N) is 1. The summed E-state index contributed by atoms with van der Waals surface area (Å²) in [7, 11) is 0. The van der Waals surface area contributed by atoms with Crippen LogP contribution < -0.4 is 5.32 Å². The minimum atomic E-state index is -3.11. The van der Waals surface area contributed by atoms with Crippen molar-refractivity contribution in [1.82, 2.24) is 15.2 Å². The van der Waals surface area contributed by atoms with Crippen LogP contribution in [0.25, 0.3) is 22.0 Å². The second-order valence-electron chi connectivity index (χ2n) is 8.69. The zero-order valence-electron chi connectivity index (χ0n) is 18.7. The fourth-order valence-corrected chi connectivity index (χ4v) is 4.55. The van der Waals surface area contributed by atoms with E-state index in [0.29, 0.717) is 16.5 Å². The molecule has 9 heteroatoms. The number of aryl methyl sites for hydroxylation is 1. The van der Waals surface area contributed by atoms with Crippen molar-refractivity contribution < 1.29 is 18.4 Å². The van der Waals surface area contributed by atoms with Crippen LogP contribution in [0.3, 0.4) is 0 Å². The van der Waals surface area contributed by atoms with Gasteiger partial charge < -0.3 is 10.2 Å². The Morgan fingerprint density at radius 2 is 1.97 bits per heavy atom. The quantitative estimate of drug-likeness (QED) is 0.618. The molecule has 0 radical (unpaired) electrons. The summed E-state index contributed by atoms with van der Waals surface area (Å²) < 4.78 is 27.3. The molecule has 0 unspecified atom stereocenters. The number of nitriles is 1. The number of hydrogen-bond donors (Lipinski definition) is 1. The molecule has 0 aliphatic carbocycles. The molecule has 0 bridgehead atoms. The van der Waals surface area contributed by atoms with Gasteiger partial charge in [0.2, 0.25) is 5.91 Å². The third-order valence-corrected chi connectivity index (χ3v) is 6.31. The van der Waals surface area contributed by atoms with Crippen molar-refractivity contribution in [1.29, 1.82) is 5.26 Å². The number of halogens is 2. The minimum absolute atomic E-state index is 0.316. The molecule has 1 fully saturated rings. The zero-order valence-corrected chi connectivity index (χ0v) is 18.7. The standard InChI is InChI=1S/C26H21F2N5O2/c27-26(28)12-19(13-29)33(15-26)24(34)14-32-25(35)20-7-9-31-23-6-4-17(11-21(20)23)16-3-5-22-18(10-16)2-1-8-30-22/h3-11,19H,1-2,12,14-15H2,(H,32,35)/t19-/m0/s1. The van der Waals surface area contributed by atoms with Crippen LogP contribution in [-0.4, -0.2) is 53.0 Å². The molecule has 1 aromatic heterocycles. The van der Waals surface area contributed by atoms with E-state index in [4.69, 9.17) is 5.26 Å². The smallest absolute Gasteiger partial charge is 0.268 e. The maximum Gasteiger partial charge on any atom is 0.268 e. The van der Waals surface area contributed by atoms with Gasteiger partial charge in [0, 0.05) is 24.2 Å². The molecule has 176 valence electrons. The molecule has 3 aromatic rings. The van der Waals surface area contributed by atoms with Gasteiger partial charge in [-0.25, -0.2) is 8.78 Å². The van der Waals surface area contributed by atoms with E-state index in [1.165, 1.54) is 6.20 Å². The van der Waals surface area contributed by atoms with E-state index in [0.717, 1.165) is 40.1 Å². The van der Waals surface area contributed by atoms with Gasteiger partial charge in [-0.2, -0.15) is 5.26 Å². The number of carbonyl (C=O) groups is 2. The fourth-order valence-electron chi connectivity index (χ4n) is 4.55. The van der Waals surface area contributed by atoms with Crippen molar-refractivity contribution in [2.24, 2.45) is 4.99 Å². The number of nitrogens with zero attached hydrogens (tertiary/aromatic N) is 4. The number of likely N-dealkylation sites (tertiary alicyclic amines) is 1. The summed E-state index contributed by atoms with van der Waals surface area (Å²) in [6.07, 6.45) is 4.53. The maximum atomic E-state index is 13.7. The van der Waals surface area contributed by atoms with Gasteiger partial charge in [-0.05, 0) is 59.9 Å². The number of aliphatic imine (C=N–C) groups is 1. The van der Waals surface area contributed by atoms with Crippen LogP contribution in [0.2, 0.25) is 0 Å². The predicted octanol–water partition coefficient (Wildman–Crippen LogP) is 4.04. The Balaban J connectivity index is 1.37. The number of alkyl halides is 2. The Hall–Kier alpha value is -4.19. The lowest BCUT2D eigenvalue weighted by atomic mass is 9.96. The number of carbonyl (C=O) groups excluding carboxylic acids is 2. The van der Waals surface area contributed by atoms with Gasteiger partial charge in [-0.15, -0.1) is 0 Å². The molecule has 2 aliphatic heterocycles. The summed E-state index contributed by atoms with van der Waals surface area (Å²) in [4.78, 5) is 35.0. The number of rotatable bonds is 4. The van der Waals surface area contributed by atoms with Gasteiger partial charge in [-0.3, -0.25) is 19.6 Å². The fraction of sp³-hybridized carbons (Fsp3) is 0.269. The minimum Gasteiger partial charge on any atom is -0.343 e. The number of benzene rings is 2. The SMILES string of the molecule is N#C[C@@H]1CC(F)(F)CN1C(=O)CNC(=O)c1ccnc2ccc(-c3ccc4c(c3)CCC=N4)cc12. The van der Waals surface area contributed by atoms with Crippen LogP contribution in [0.5, 0.6) is 0 Å². The highest BCUT2D eigenvalue weighted by Gasteiger charge is 2.47. The summed E-state index contributed by atoms with van der Waals surface area (Å²) in [5, 5.41) is 12.2. The van der Waals surface area contributed by atoms with E-state index in [2.05, 4.69) is 21.4 Å². The lowest BCUT2D eigenvalue weighted by molar-refractivity contribution is -0.131.